The van der Waals surface area contributed by atoms with Gasteiger partial charge in [0.15, 0.2) is 0 Å². The normalized spacial score (nSPS) is 22.8. The highest BCUT2D eigenvalue weighted by atomic mass is 16.4. The Kier molecular flexibility index (Phi) is 4.04. The molecule has 0 bridgehead atoms. The zero-order valence-electron chi connectivity index (χ0n) is 7.18. The number of carbonyl (C=O) groups is 1. The molecule has 1 fully saturated rings. The van der Waals surface area contributed by atoms with E-state index < -0.39 is 5.97 Å². The quantitative estimate of drug-likeness (QED) is 0.528. The lowest BCUT2D eigenvalue weighted by Crippen LogP contribution is -2.29. The topological polar surface area (TPSA) is 61.4 Å². The SMILES string of the molecule is O=C(O)CCCCC1CCNN1. The predicted molar refractivity (Wildman–Crippen MR) is 45.6 cm³/mol. The molecule has 0 amide bonds. The van der Waals surface area contributed by atoms with E-state index >= 15 is 0 Å². The van der Waals surface area contributed by atoms with Crippen LogP contribution in [0.1, 0.15) is 32.1 Å². The number of carboxylic acid groups (broad SMARTS) is 1. The van der Waals surface area contributed by atoms with Crippen LogP contribution in [0.15, 0.2) is 0 Å². The molecule has 0 aromatic carbocycles. The number of unbranched alkanes of at least 4 members (excludes halogenated alkanes) is 1. The Bertz CT molecular complexity index is 144. The van der Waals surface area contributed by atoms with Crippen molar-refractivity contribution in [3.8, 4) is 0 Å². The van der Waals surface area contributed by atoms with E-state index in [1.165, 1.54) is 0 Å². The molecule has 1 rings (SSSR count). The average Bonchev–Trinajstić information content (AvgIpc) is 2.49. The third-order valence-corrected chi connectivity index (χ3v) is 2.12. The van der Waals surface area contributed by atoms with Crippen LogP contribution in [0.25, 0.3) is 0 Å². The molecular weight excluding hydrogens is 156 g/mol. The van der Waals surface area contributed by atoms with E-state index in [0.717, 1.165) is 32.2 Å². The Balaban J connectivity index is 1.91. The van der Waals surface area contributed by atoms with Gasteiger partial charge < -0.3 is 5.11 Å². The number of nitrogens with one attached hydrogen (secondary N) is 2. The number of hydrazine groups is 1. The fourth-order valence-corrected chi connectivity index (χ4v) is 1.42. The van der Waals surface area contributed by atoms with Crippen molar-refractivity contribution in [1.29, 1.82) is 0 Å². The summed E-state index contributed by atoms with van der Waals surface area (Å²) in [6.07, 6.45) is 4.35. The van der Waals surface area contributed by atoms with Crippen LogP contribution in [0.4, 0.5) is 0 Å². The molecule has 1 atom stereocenters. The summed E-state index contributed by atoms with van der Waals surface area (Å²) < 4.78 is 0. The lowest BCUT2D eigenvalue weighted by Gasteiger charge is -2.07. The summed E-state index contributed by atoms with van der Waals surface area (Å²) in [5, 5.41) is 8.38. The fraction of sp³-hybridized carbons (Fsp3) is 0.875. The van der Waals surface area contributed by atoms with Crippen molar-refractivity contribution in [2.45, 2.75) is 38.1 Å². The minimum absolute atomic E-state index is 0.306. The van der Waals surface area contributed by atoms with Crippen LogP contribution in [0, 0.1) is 0 Å². The van der Waals surface area contributed by atoms with Gasteiger partial charge in [-0.05, 0) is 19.3 Å². The standard InChI is InChI=1S/C8H16N2O2/c11-8(12)4-2-1-3-7-5-6-9-10-7/h7,9-10H,1-6H2,(H,11,12). The van der Waals surface area contributed by atoms with Gasteiger partial charge in [0.2, 0.25) is 0 Å². The molecule has 1 unspecified atom stereocenters. The second kappa shape index (κ2) is 5.11. The van der Waals surface area contributed by atoms with Gasteiger partial charge in [-0.25, -0.2) is 0 Å². The third-order valence-electron chi connectivity index (χ3n) is 2.12. The first-order valence-electron chi connectivity index (χ1n) is 4.49. The van der Waals surface area contributed by atoms with Crippen LogP contribution >= 0.6 is 0 Å². The van der Waals surface area contributed by atoms with Crippen LogP contribution in [0.2, 0.25) is 0 Å². The van der Waals surface area contributed by atoms with Crippen LogP contribution in [0.3, 0.4) is 0 Å². The molecule has 0 aliphatic carbocycles. The van der Waals surface area contributed by atoms with Crippen molar-refractivity contribution in [3.05, 3.63) is 0 Å². The van der Waals surface area contributed by atoms with E-state index in [-0.39, 0.29) is 0 Å². The molecule has 4 heteroatoms. The number of hydrogen-bond acceptors (Lipinski definition) is 3. The molecule has 0 saturated carbocycles. The first kappa shape index (κ1) is 9.48. The van der Waals surface area contributed by atoms with Crippen LogP contribution in [0.5, 0.6) is 0 Å². The van der Waals surface area contributed by atoms with Crippen molar-refractivity contribution >= 4 is 5.97 Å². The summed E-state index contributed by atoms with van der Waals surface area (Å²) in [7, 11) is 0. The molecule has 0 radical (unpaired) electrons. The van der Waals surface area contributed by atoms with Gasteiger partial charge in [0.05, 0.1) is 0 Å². The predicted octanol–water partition coefficient (Wildman–Crippen LogP) is 0.498. The van der Waals surface area contributed by atoms with E-state index in [2.05, 4.69) is 10.9 Å². The van der Waals surface area contributed by atoms with Gasteiger partial charge in [-0.3, -0.25) is 15.6 Å². The van der Waals surface area contributed by atoms with Gasteiger partial charge >= 0.3 is 5.97 Å². The smallest absolute Gasteiger partial charge is 0.303 e. The number of carboxylic acids is 1. The highest BCUT2D eigenvalue weighted by Gasteiger charge is 2.12. The summed E-state index contributed by atoms with van der Waals surface area (Å²) in [5.41, 5.74) is 6.20. The van der Waals surface area contributed by atoms with Gasteiger partial charge in [0, 0.05) is 19.0 Å². The molecule has 4 nitrogen and oxygen atoms in total. The molecule has 1 aliphatic heterocycles. The Hall–Kier alpha value is -0.610. The Morgan fingerprint density at radius 2 is 2.33 bits per heavy atom. The van der Waals surface area contributed by atoms with Gasteiger partial charge in [-0.15, -0.1) is 0 Å². The summed E-state index contributed by atoms with van der Waals surface area (Å²) in [6, 6.07) is 0.554. The number of rotatable bonds is 5. The van der Waals surface area contributed by atoms with Gasteiger partial charge in [-0.1, -0.05) is 6.42 Å². The highest BCUT2D eigenvalue weighted by molar-refractivity contribution is 5.66. The molecular formula is C8H16N2O2. The third kappa shape index (κ3) is 3.69. The van der Waals surface area contributed by atoms with Crippen LogP contribution in [-0.4, -0.2) is 23.7 Å². The van der Waals surface area contributed by atoms with Crippen molar-refractivity contribution in [2.24, 2.45) is 0 Å². The molecule has 12 heavy (non-hydrogen) atoms. The maximum atomic E-state index is 10.2. The second-order valence-electron chi connectivity index (χ2n) is 3.20. The van der Waals surface area contributed by atoms with E-state index in [1.807, 2.05) is 0 Å². The zero-order chi connectivity index (χ0) is 8.81. The molecule has 1 saturated heterocycles. The van der Waals surface area contributed by atoms with Crippen LogP contribution in [-0.2, 0) is 4.79 Å². The van der Waals surface area contributed by atoms with Crippen LogP contribution < -0.4 is 10.9 Å². The van der Waals surface area contributed by atoms with E-state index in [1.54, 1.807) is 0 Å². The molecule has 3 N–H and O–H groups in total. The van der Waals surface area contributed by atoms with Crippen molar-refractivity contribution < 1.29 is 9.90 Å². The Morgan fingerprint density at radius 3 is 2.92 bits per heavy atom. The maximum absolute atomic E-state index is 10.2. The van der Waals surface area contributed by atoms with Crippen molar-refractivity contribution in [3.63, 3.8) is 0 Å². The van der Waals surface area contributed by atoms with Gasteiger partial charge in [0.1, 0.15) is 0 Å². The molecule has 1 heterocycles. The largest absolute Gasteiger partial charge is 0.481 e. The fourth-order valence-electron chi connectivity index (χ4n) is 1.42. The lowest BCUT2D eigenvalue weighted by molar-refractivity contribution is -0.137. The number of aliphatic carboxylic acids is 1. The Morgan fingerprint density at radius 1 is 1.50 bits per heavy atom. The minimum atomic E-state index is -0.687. The molecule has 70 valence electrons. The molecule has 0 aromatic rings. The average molecular weight is 172 g/mol. The first-order chi connectivity index (χ1) is 5.79. The van der Waals surface area contributed by atoms with Gasteiger partial charge in [0.25, 0.3) is 0 Å². The highest BCUT2D eigenvalue weighted by Crippen LogP contribution is 2.08. The van der Waals surface area contributed by atoms with Crippen molar-refractivity contribution in [1.82, 2.24) is 10.9 Å². The van der Waals surface area contributed by atoms with Crippen molar-refractivity contribution in [2.75, 3.05) is 6.54 Å². The summed E-state index contributed by atoms with van der Waals surface area (Å²) in [4.78, 5) is 10.2. The second-order valence-corrected chi connectivity index (χ2v) is 3.20. The monoisotopic (exact) mass is 172 g/mol. The summed E-state index contributed by atoms with van der Waals surface area (Å²) in [6.45, 7) is 1.03. The summed E-state index contributed by atoms with van der Waals surface area (Å²) in [5.74, 6) is -0.687. The Labute approximate surface area is 72.3 Å². The van der Waals surface area contributed by atoms with Gasteiger partial charge in [-0.2, -0.15) is 0 Å². The lowest BCUT2D eigenvalue weighted by atomic mass is 10.1. The molecule has 1 aliphatic rings. The minimum Gasteiger partial charge on any atom is -0.481 e. The summed E-state index contributed by atoms with van der Waals surface area (Å²) >= 11 is 0. The maximum Gasteiger partial charge on any atom is 0.303 e. The first-order valence-corrected chi connectivity index (χ1v) is 4.49. The number of hydrogen-bond donors (Lipinski definition) is 3. The van der Waals surface area contributed by atoms with E-state index in [9.17, 15) is 4.79 Å². The zero-order valence-corrected chi connectivity index (χ0v) is 7.18. The molecule has 0 aromatic heterocycles. The molecule has 0 spiro atoms. The van der Waals surface area contributed by atoms with E-state index in [4.69, 9.17) is 5.11 Å². The van der Waals surface area contributed by atoms with E-state index in [0.29, 0.717) is 12.5 Å².